The first kappa shape index (κ1) is 14.5. The molecule has 1 heterocycles. The Labute approximate surface area is 147 Å². The zero-order chi connectivity index (χ0) is 17.0. The van der Waals surface area contributed by atoms with Gasteiger partial charge in [-0.3, -0.25) is 0 Å². The van der Waals surface area contributed by atoms with Gasteiger partial charge in [0.15, 0.2) is 0 Å². The molecular weight excluding hydrogens is 330 g/mol. The van der Waals surface area contributed by atoms with Crippen LogP contribution in [0.5, 0.6) is 0 Å². The molecule has 0 radical (unpaired) electrons. The Morgan fingerprint density at radius 1 is 0.880 bits per heavy atom. The standard InChI is InChI=1S/C20H13N3OS/c21-23-22-19-13-7-2-1-5-11(13)14-10-18-15(9-16(14)20(19)24)12-6-3-4-8-17(12)25-18/h1-10,19-20,24H/t19-,20-/m0/s1. The highest BCUT2D eigenvalue weighted by Gasteiger charge is 2.32. The Morgan fingerprint density at radius 3 is 2.56 bits per heavy atom. The number of aliphatic hydroxyl groups excluding tert-OH is 1. The second-order valence-corrected chi connectivity index (χ2v) is 7.30. The summed E-state index contributed by atoms with van der Waals surface area (Å²) in [5.74, 6) is 0. The highest BCUT2D eigenvalue weighted by Crippen LogP contribution is 2.49. The maximum atomic E-state index is 10.9. The van der Waals surface area contributed by atoms with Gasteiger partial charge in [0.1, 0.15) is 0 Å². The molecule has 25 heavy (non-hydrogen) atoms. The van der Waals surface area contributed by atoms with E-state index >= 15 is 0 Å². The summed E-state index contributed by atoms with van der Waals surface area (Å²) in [6, 6.07) is 19.7. The smallest absolute Gasteiger partial charge is 0.0932 e. The fourth-order valence-electron chi connectivity index (χ4n) is 3.79. The van der Waals surface area contributed by atoms with Crippen LogP contribution in [-0.2, 0) is 0 Å². The zero-order valence-electron chi connectivity index (χ0n) is 13.1. The zero-order valence-corrected chi connectivity index (χ0v) is 13.9. The van der Waals surface area contributed by atoms with Gasteiger partial charge in [-0.15, -0.1) is 11.3 Å². The molecule has 5 rings (SSSR count). The maximum Gasteiger partial charge on any atom is 0.0932 e. The summed E-state index contributed by atoms with van der Waals surface area (Å²) < 4.78 is 2.43. The van der Waals surface area contributed by atoms with Crippen molar-refractivity contribution in [2.24, 2.45) is 5.11 Å². The van der Waals surface area contributed by atoms with Gasteiger partial charge in [0.2, 0.25) is 0 Å². The SMILES string of the molecule is [N-]=[N+]=N[C@H]1c2ccccc2-c2cc3sc4ccccc4c3cc2[C@@H]1O. The van der Waals surface area contributed by atoms with Gasteiger partial charge in [-0.1, -0.05) is 47.6 Å². The normalized spacial score (nSPS) is 18.6. The van der Waals surface area contributed by atoms with E-state index in [0.29, 0.717) is 0 Å². The fraction of sp³-hybridized carbons (Fsp3) is 0.100. The van der Waals surface area contributed by atoms with Gasteiger partial charge in [0.05, 0.1) is 12.1 Å². The molecule has 0 saturated heterocycles. The Balaban J connectivity index is 1.88. The minimum Gasteiger partial charge on any atom is -0.388 e. The van der Waals surface area contributed by atoms with Crippen LogP contribution in [0.25, 0.3) is 41.7 Å². The van der Waals surface area contributed by atoms with Crippen LogP contribution in [0.3, 0.4) is 0 Å². The number of fused-ring (bicyclic) bond motifs is 6. The number of thiophene rings is 1. The lowest BCUT2D eigenvalue weighted by Gasteiger charge is -2.29. The number of hydrogen-bond acceptors (Lipinski definition) is 3. The third-order valence-electron chi connectivity index (χ3n) is 4.91. The number of hydrogen-bond donors (Lipinski definition) is 1. The van der Waals surface area contributed by atoms with Crippen LogP contribution in [0.15, 0.2) is 65.8 Å². The van der Waals surface area contributed by atoms with Crippen molar-refractivity contribution in [2.45, 2.75) is 12.1 Å². The van der Waals surface area contributed by atoms with Crippen LogP contribution in [-0.4, -0.2) is 5.11 Å². The van der Waals surface area contributed by atoms with E-state index in [0.717, 1.165) is 27.6 Å². The molecule has 0 spiro atoms. The molecule has 3 aromatic carbocycles. The first-order valence-corrected chi connectivity index (χ1v) is 8.86. The minimum absolute atomic E-state index is 0.601. The lowest BCUT2D eigenvalue weighted by atomic mass is 9.80. The summed E-state index contributed by atoms with van der Waals surface area (Å²) >= 11 is 1.76. The summed E-state index contributed by atoms with van der Waals surface area (Å²) in [6.07, 6.45) is -0.844. The summed E-state index contributed by atoms with van der Waals surface area (Å²) in [5, 5.41) is 17.1. The third-order valence-corrected chi connectivity index (χ3v) is 6.05. The number of azide groups is 1. The summed E-state index contributed by atoms with van der Waals surface area (Å²) in [7, 11) is 0. The fourth-order valence-corrected chi connectivity index (χ4v) is 4.91. The lowest BCUT2D eigenvalue weighted by Crippen LogP contribution is -2.15. The van der Waals surface area contributed by atoms with Gasteiger partial charge in [-0.2, -0.15) is 0 Å². The number of rotatable bonds is 1. The molecule has 2 atom stereocenters. The molecule has 1 aliphatic carbocycles. The van der Waals surface area contributed by atoms with Gasteiger partial charge in [-0.25, -0.2) is 0 Å². The van der Waals surface area contributed by atoms with Crippen molar-refractivity contribution in [2.75, 3.05) is 0 Å². The predicted molar refractivity (Wildman–Crippen MR) is 102 cm³/mol. The largest absolute Gasteiger partial charge is 0.388 e. The quantitative estimate of drug-likeness (QED) is 0.252. The first-order chi connectivity index (χ1) is 12.3. The van der Waals surface area contributed by atoms with Crippen molar-refractivity contribution >= 4 is 31.5 Å². The van der Waals surface area contributed by atoms with Crippen LogP contribution in [0.1, 0.15) is 23.3 Å². The van der Waals surface area contributed by atoms with Crippen LogP contribution in [0.4, 0.5) is 0 Å². The number of benzene rings is 3. The Morgan fingerprint density at radius 2 is 1.68 bits per heavy atom. The summed E-state index contributed by atoms with van der Waals surface area (Å²) in [6.45, 7) is 0. The highest BCUT2D eigenvalue weighted by atomic mass is 32.1. The molecule has 4 aromatic rings. The molecule has 1 N–H and O–H groups in total. The van der Waals surface area contributed by atoms with E-state index in [4.69, 9.17) is 5.53 Å². The van der Waals surface area contributed by atoms with E-state index in [2.05, 4.69) is 34.3 Å². The Bertz CT molecular complexity index is 1190. The van der Waals surface area contributed by atoms with E-state index in [1.807, 2.05) is 36.4 Å². The van der Waals surface area contributed by atoms with E-state index < -0.39 is 12.1 Å². The molecular formula is C20H13N3OS. The highest BCUT2D eigenvalue weighted by molar-refractivity contribution is 7.25. The first-order valence-electron chi connectivity index (χ1n) is 8.04. The molecule has 1 aromatic heterocycles. The van der Waals surface area contributed by atoms with Crippen molar-refractivity contribution in [3.8, 4) is 11.1 Å². The van der Waals surface area contributed by atoms with Gasteiger partial charge in [0.25, 0.3) is 0 Å². The average molecular weight is 343 g/mol. The minimum atomic E-state index is -0.844. The van der Waals surface area contributed by atoms with Gasteiger partial charge >= 0.3 is 0 Å². The lowest BCUT2D eigenvalue weighted by molar-refractivity contribution is 0.146. The molecule has 0 saturated carbocycles. The van der Waals surface area contributed by atoms with Crippen molar-refractivity contribution < 1.29 is 5.11 Å². The third kappa shape index (κ3) is 2.01. The molecule has 0 amide bonds. The topological polar surface area (TPSA) is 69.0 Å². The number of aliphatic hydroxyl groups is 1. The Kier molecular flexibility index (Phi) is 3.09. The molecule has 1 aliphatic rings. The van der Waals surface area contributed by atoms with Crippen molar-refractivity contribution in [1.82, 2.24) is 0 Å². The number of nitrogens with zero attached hydrogens (tertiary/aromatic N) is 3. The van der Waals surface area contributed by atoms with E-state index in [1.165, 1.54) is 14.8 Å². The predicted octanol–water partition coefficient (Wildman–Crippen LogP) is 6.12. The second-order valence-electron chi connectivity index (χ2n) is 6.22. The average Bonchev–Trinajstić information content (AvgIpc) is 3.01. The van der Waals surface area contributed by atoms with Gasteiger partial charge in [0, 0.05) is 25.1 Å². The molecule has 0 unspecified atom stereocenters. The van der Waals surface area contributed by atoms with E-state index in [1.54, 1.807) is 11.3 Å². The van der Waals surface area contributed by atoms with Crippen LogP contribution in [0, 0.1) is 0 Å². The molecule has 0 bridgehead atoms. The van der Waals surface area contributed by atoms with Gasteiger partial charge < -0.3 is 5.11 Å². The van der Waals surface area contributed by atoms with Crippen LogP contribution < -0.4 is 0 Å². The Hall–Kier alpha value is -2.85. The molecule has 0 fully saturated rings. The monoisotopic (exact) mass is 343 g/mol. The van der Waals surface area contributed by atoms with Crippen molar-refractivity contribution in [1.29, 1.82) is 0 Å². The summed E-state index contributed by atoms with van der Waals surface area (Å²) in [4.78, 5) is 2.95. The molecule has 5 heteroatoms. The van der Waals surface area contributed by atoms with Crippen molar-refractivity contribution in [3.63, 3.8) is 0 Å². The van der Waals surface area contributed by atoms with E-state index in [-0.39, 0.29) is 0 Å². The second kappa shape index (κ2) is 5.33. The molecule has 0 aliphatic heterocycles. The molecule has 120 valence electrons. The summed E-state index contributed by atoms with van der Waals surface area (Å²) in [5.41, 5.74) is 12.7. The van der Waals surface area contributed by atoms with Crippen molar-refractivity contribution in [3.05, 3.63) is 82.2 Å². The van der Waals surface area contributed by atoms with Crippen LogP contribution in [0.2, 0.25) is 0 Å². The van der Waals surface area contributed by atoms with E-state index in [9.17, 15) is 5.11 Å². The molecule has 4 nitrogen and oxygen atoms in total. The van der Waals surface area contributed by atoms with Crippen LogP contribution >= 0.6 is 11.3 Å². The van der Waals surface area contributed by atoms with Gasteiger partial charge in [-0.05, 0) is 46.0 Å². The maximum absolute atomic E-state index is 10.9.